The maximum absolute atomic E-state index is 5.91. The van der Waals surface area contributed by atoms with E-state index in [9.17, 15) is 0 Å². The number of methoxy groups -OCH3 is 1. The molecular weight excluding hydrogens is 216 g/mol. The van der Waals surface area contributed by atoms with Crippen molar-refractivity contribution in [2.45, 2.75) is 13.0 Å². The molecule has 0 spiro atoms. The van der Waals surface area contributed by atoms with Crippen LogP contribution in [0.3, 0.4) is 0 Å². The van der Waals surface area contributed by atoms with Crippen molar-refractivity contribution in [1.29, 1.82) is 0 Å². The van der Waals surface area contributed by atoms with Crippen LogP contribution in [0.2, 0.25) is 0 Å². The summed E-state index contributed by atoms with van der Waals surface area (Å²) < 4.78 is 5.20. The lowest BCUT2D eigenvalue weighted by molar-refractivity contribution is 0.397. The van der Waals surface area contributed by atoms with Crippen molar-refractivity contribution in [2.24, 2.45) is 5.73 Å². The molecule has 5 nitrogen and oxygen atoms in total. The van der Waals surface area contributed by atoms with Crippen LogP contribution in [0.5, 0.6) is 5.88 Å². The lowest BCUT2D eigenvalue weighted by Gasteiger charge is -2.12. The Hall–Kier alpha value is -2.01. The minimum absolute atomic E-state index is 0.120. The van der Waals surface area contributed by atoms with Crippen molar-refractivity contribution in [3.8, 4) is 17.1 Å². The summed E-state index contributed by atoms with van der Waals surface area (Å²) in [5, 5.41) is 0. The van der Waals surface area contributed by atoms with E-state index in [1.807, 2.05) is 13.0 Å². The Bertz CT molecular complexity index is 513. The molecule has 0 aliphatic heterocycles. The van der Waals surface area contributed by atoms with Gasteiger partial charge in [0.25, 0.3) is 0 Å². The minimum Gasteiger partial charge on any atom is -0.479 e. The quantitative estimate of drug-likeness (QED) is 0.866. The average Bonchev–Trinajstić information content (AvgIpc) is 2.38. The molecule has 0 amide bonds. The molecule has 0 radical (unpaired) electrons. The Morgan fingerprint density at radius 3 is 2.71 bits per heavy atom. The Balaban J connectivity index is 2.60. The molecule has 88 valence electrons. The highest BCUT2D eigenvalue weighted by atomic mass is 16.5. The van der Waals surface area contributed by atoms with Gasteiger partial charge in [-0.1, -0.05) is 0 Å². The van der Waals surface area contributed by atoms with Crippen LogP contribution in [0.4, 0.5) is 0 Å². The maximum Gasteiger partial charge on any atom is 0.240 e. The van der Waals surface area contributed by atoms with Gasteiger partial charge in [0.05, 0.1) is 7.11 Å². The second kappa shape index (κ2) is 4.88. The zero-order valence-corrected chi connectivity index (χ0v) is 9.79. The number of hydrogen-bond acceptors (Lipinski definition) is 5. The summed E-state index contributed by atoms with van der Waals surface area (Å²) in [6.07, 6.45) is 6.67. The fourth-order valence-corrected chi connectivity index (χ4v) is 1.64. The highest BCUT2D eigenvalue weighted by Gasteiger charge is 2.14. The normalized spacial score (nSPS) is 12.2. The van der Waals surface area contributed by atoms with E-state index >= 15 is 0 Å². The van der Waals surface area contributed by atoms with Crippen molar-refractivity contribution in [3.05, 3.63) is 36.4 Å². The third kappa shape index (κ3) is 2.24. The first-order valence-corrected chi connectivity index (χ1v) is 5.29. The molecular formula is C12H14N4O. The predicted molar refractivity (Wildman–Crippen MR) is 64.4 cm³/mol. The van der Waals surface area contributed by atoms with Gasteiger partial charge in [-0.15, -0.1) is 0 Å². The molecule has 2 N–H and O–H groups in total. The van der Waals surface area contributed by atoms with Crippen LogP contribution in [0.15, 0.2) is 30.9 Å². The molecule has 1 unspecified atom stereocenters. The van der Waals surface area contributed by atoms with E-state index in [-0.39, 0.29) is 6.04 Å². The first-order chi connectivity index (χ1) is 8.24. The van der Waals surface area contributed by atoms with Crippen molar-refractivity contribution in [1.82, 2.24) is 15.0 Å². The van der Waals surface area contributed by atoms with Crippen molar-refractivity contribution in [2.75, 3.05) is 7.11 Å². The Labute approximate surface area is 99.7 Å². The standard InChI is InChI=1S/C12H14N4O/c1-8(13)10-7-14-4-3-9(10)11-12(17-2)16-6-5-15-11/h3-8H,13H2,1-2H3. The Morgan fingerprint density at radius 2 is 2.00 bits per heavy atom. The first kappa shape index (κ1) is 11.5. The third-order valence-corrected chi connectivity index (χ3v) is 2.46. The molecule has 2 heterocycles. The zero-order valence-electron chi connectivity index (χ0n) is 9.79. The first-order valence-electron chi connectivity index (χ1n) is 5.29. The summed E-state index contributed by atoms with van der Waals surface area (Å²) in [4.78, 5) is 12.5. The summed E-state index contributed by atoms with van der Waals surface area (Å²) in [6.45, 7) is 1.91. The van der Waals surface area contributed by atoms with Gasteiger partial charge in [0.1, 0.15) is 5.69 Å². The molecule has 2 aromatic heterocycles. The fraction of sp³-hybridized carbons (Fsp3) is 0.250. The van der Waals surface area contributed by atoms with Crippen LogP contribution in [-0.4, -0.2) is 22.1 Å². The summed E-state index contributed by atoms with van der Waals surface area (Å²) >= 11 is 0. The predicted octanol–water partition coefficient (Wildman–Crippen LogP) is 1.57. The van der Waals surface area contributed by atoms with Crippen molar-refractivity contribution < 1.29 is 4.74 Å². The fourth-order valence-electron chi connectivity index (χ4n) is 1.64. The molecule has 5 heteroatoms. The van der Waals surface area contributed by atoms with Crippen LogP contribution in [0, 0.1) is 0 Å². The Kier molecular flexibility index (Phi) is 3.30. The summed E-state index contributed by atoms with van der Waals surface area (Å²) in [6, 6.07) is 1.75. The molecule has 2 rings (SSSR count). The monoisotopic (exact) mass is 230 g/mol. The lowest BCUT2D eigenvalue weighted by Crippen LogP contribution is -2.08. The van der Waals surface area contributed by atoms with E-state index in [4.69, 9.17) is 10.5 Å². The number of aromatic nitrogens is 3. The highest BCUT2D eigenvalue weighted by Crippen LogP contribution is 2.29. The second-order valence-corrected chi connectivity index (χ2v) is 3.67. The molecule has 0 bridgehead atoms. The zero-order chi connectivity index (χ0) is 12.3. The number of nitrogens with zero attached hydrogens (tertiary/aromatic N) is 3. The van der Waals surface area contributed by atoms with Gasteiger partial charge in [-0.25, -0.2) is 9.97 Å². The smallest absolute Gasteiger partial charge is 0.240 e. The van der Waals surface area contributed by atoms with Crippen molar-refractivity contribution >= 4 is 0 Å². The second-order valence-electron chi connectivity index (χ2n) is 3.67. The number of nitrogens with two attached hydrogens (primary N) is 1. The topological polar surface area (TPSA) is 73.9 Å². The van der Waals surface area contributed by atoms with Gasteiger partial charge >= 0.3 is 0 Å². The summed E-state index contributed by atoms with van der Waals surface area (Å²) in [7, 11) is 1.57. The highest BCUT2D eigenvalue weighted by molar-refractivity contribution is 5.67. The van der Waals surface area contributed by atoms with E-state index in [2.05, 4.69) is 15.0 Å². The third-order valence-electron chi connectivity index (χ3n) is 2.46. The van der Waals surface area contributed by atoms with E-state index in [1.165, 1.54) is 0 Å². The number of hydrogen-bond donors (Lipinski definition) is 1. The van der Waals surface area contributed by atoms with E-state index in [1.54, 1.807) is 31.9 Å². The van der Waals surface area contributed by atoms with E-state index in [0.29, 0.717) is 11.6 Å². The van der Waals surface area contributed by atoms with Crippen LogP contribution in [0.1, 0.15) is 18.5 Å². The van der Waals surface area contributed by atoms with Gasteiger partial charge in [-0.2, -0.15) is 0 Å². The molecule has 2 aromatic rings. The number of pyridine rings is 1. The van der Waals surface area contributed by atoms with Gasteiger partial charge in [-0.05, 0) is 18.6 Å². The maximum atomic E-state index is 5.91. The Morgan fingerprint density at radius 1 is 1.24 bits per heavy atom. The average molecular weight is 230 g/mol. The molecule has 1 atom stereocenters. The molecule has 0 aromatic carbocycles. The van der Waals surface area contributed by atoms with Crippen molar-refractivity contribution in [3.63, 3.8) is 0 Å². The molecule has 0 saturated heterocycles. The largest absolute Gasteiger partial charge is 0.479 e. The number of rotatable bonds is 3. The van der Waals surface area contributed by atoms with Crippen LogP contribution >= 0.6 is 0 Å². The molecule has 0 aliphatic rings. The molecule has 0 fully saturated rings. The van der Waals surface area contributed by atoms with Gasteiger partial charge in [0.15, 0.2) is 0 Å². The van der Waals surface area contributed by atoms with Gasteiger partial charge < -0.3 is 10.5 Å². The van der Waals surface area contributed by atoms with Gasteiger partial charge in [-0.3, -0.25) is 4.98 Å². The molecule has 17 heavy (non-hydrogen) atoms. The van der Waals surface area contributed by atoms with Gasteiger partial charge in [0.2, 0.25) is 5.88 Å². The van der Waals surface area contributed by atoms with Crippen LogP contribution in [0.25, 0.3) is 11.3 Å². The molecule has 0 saturated carbocycles. The SMILES string of the molecule is COc1nccnc1-c1ccncc1C(C)N. The summed E-state index contributed by atoms with van der Waals surface area (Å²) in [5.74, 6) is 0.487. The van der Waals surface area contributed by atoms with Crippen LogP contribution in [-0.2, 0) is 0 Å². The lowest BCUT2D eigenvalue weighted by atomic mass is 10.0. The van der Waals surface area contributed by atoms with Crippen LogP contribution < -0.4 is 10.5 Å². The molecule has 0 aliphatic carbocycles. The minimum atomic E-state index is -0.120. The van der Waals surface area contributed by atoms with E-state index < -0.39 is 0 Å². The summed E-state index contributed by atoms with van der Waals surface area (Å²) in [5.41, 5.74) is 8.42. The van der Waals surface area contributed by atoms with Gasteiger partial charge in [0, 0.05) is 36.4 Å². The van der Waals surface area contributed by atoms with E-state index in [0.717, 1.165) is 11.1 Å². The number of ether oxygens (including phenoxy) is 1.